The molecule has 2 aromatic carbocycles. The minimum atomic E-state index is -5.31. The molecule has 15 atom stereocenters. The highest BCUT2D eigenvalue weighted by molar-refractivity contribution is 7.80. The fourth-order valence-electron chi connectivity index (χ4n) is 6.18. The zero-order valence-corrected chi connectivity index (χ0v) is 28.7. The molecule has 2 aromatic rings. The van der Waals surface area contributed by atoms with Crippen LogP contribution in [0.2, 0.25) is 0 Å². The van der Waals surface area contributed by atoms with Crippen LogP contribution in [-0.4, -0.2) is 166 Å². The predicted octanol–water partition coefficient (Wildman–Crippen LogP) is -3.84. The van der Waals surface area contributed by atoms with E-state index in [1.807, 2.05) is 0 Å². The number of amides is 2. The Labute approximate surface area is 302 Å². The summed E-state index contributed by atoms with van der Waals surface area (Å²) in [7, 11) is -5.31. The predicted molar refractivity (Wildman–Crippen MR) is 174 cm³/mol. The van der Waals surface area contributed by atoms with E-state index in [-0.39, 0.29) is 11.1 Å². The monoisotopic (exact) mass is 774 g/mol. The van der Waals surface area contributed by atoms with E-state index < -0.39 is 127 Å². The van der Waals surface area contributed by atoms with Crippen LogP contribution in [0.1, 0.15) is 27.6 Å². The van der Waals surface area contributed by atoms with Crippen molar-refractivity contribution in [2.75, 3.05) is 13.2 Å². The Morgan fingerprint density at radius 2 is 1.19 bits per heavy atom. The molecule has 3 fully saturated rings. The second-order valence-corrected chi connectivity index (χ2v) is 13.6. The number of carbonyl (C=O) groups excluding carboxylic acids is 2. The maximum atomic E-state index is 13.7. The van der Waals surface area contributed by atoms with Gasteiger partial charge in [-0.3, -0.25) is 14.1 Å². The van der Waals surface area contributed by atoms with Gasteiger partial charge in [0.1, 0.15) is 67.1 Å². The molecule has 0 radical (unpaired) electrons. The molecule has 5 rings (SSSR count). The molecule has 3 aliphatic rings. The smallest absolute Gasteiger partial charge is 0.394 e. The Hall–Kier alpha value is -3.23. The average Bonchev–Trinajstić information content (AvgIpc) is 3.14. The molecule has 3 aliphatic heterocycles. The highest BCUT2D eigenvalue weighted by Crippen LogP contribution is 2.34. The number of aliphatic hydroxyl groups excluding tert-OH is 7. The SMILES string of the molecule is C[C@@H]1O[C@@H](O[C@@H]2[C@@H](NC(=O)c3ccccc3)[C@H](NC(=O)c3ccccc3)O[C@H](CO)[C@H]2O[C@@H]2O[C@H](CO)[C@H](O)[C@H](OS(=O)(=O)O)[C@H]2O)[C@@H](O)[C@H](O)[C@@H]1O. The quantitative estimate of drug-likeness (QED) is 0.0924. The molecule has 20 nitrogen and oxygen atoms in total. The van der Waals surface area contributed by atoms with Crippen molar-refractivity contribution in [1.29, 1.82) is 0 Å². The molecule has 0 bridgehead atoms. The largest absolute Gasteiger partial charge is 0.397 e. The van der Waals surface area contributed by atoms with Crippen LogP contribution in [0, 0.1) is 0 Å². The van der Waals surface area contributed by atoms with Crippen molar-refractivity contribution >= 4 is 22.2 Å². The Morgan fingerprint density at radius 3 is 1.74 bits per heavy atom. The summed E-state index contributed by atoms with van der Waals surface area (Å²) in [5.74, 6) is -1.46. The highest BCUT2D eigenvalue weighted by atomic mass is 32.3. The number of hydrogen-bond donors (Lipinski definition) is 10. The third kappa shape index (κ3) is 9.54. The summed E-state index contributed by atoms with van der Waals surface area (Å²) >= 11 is 0. The highest BCUT2D eigenvalue weighted by Gasteiger charge is 2.55. The van der Waals surface area contributed by atoms with Gasteiger partial charge in [0.2, 0.25) is 0 Å². The van der Waals surface area contributed by atoms with Crippen molar-refractivity contribution in [1.82, 2.24) is 10.6 Å². The van der Waals surface area contributed by atoms with E-state index in [1.165, 1.54) is 31.2 Å². The van der Waals surface area contributed by atoms with E-state index in [1.54, 1.807) is 36.4 Å². The summed E-state index contributed by atoms with van der Waals surface area (Å²) < 4.78 is 66.4. The Bertz CT molecular complexity index is 1620. The summed E-state index contributed by atoms with van der Waals surface area (Å²) in [6, 6.07) is 14.0. The molecule has 3 heterocycles. The van der Waals surface area contributed by atoms with Crippen molar-refractivity contribution in [2.24, 2.45) is 0 Å². The lowest BCUT2D eigenvalue weighted by Crippen LogP contribution is -2.72. The van der Waals surface area contributed by atoms with Crippen LogP contribution in [-0.2, 0) is 38.3 Å². The second-order valence-electron chi connectivity index (χ2n) is 12.6. The van der Waals surface area contributed by atoms with Gasteiger partial charge in [0.15, 0.2) is 18.8 Å². The van der Waals surface area contributed by atoms with Crippen molar-refractivity contribution in [3.63, 3.8) is 0 Å². The Kier molecular flexibility index (Phi) is 13.5. The van der Waals surface area contributed by atoms with Gasteiger partial charge in [0.05, 0.1) is 19.3 Å². The lowest BCUT2D eigenvalue weighted by Gasteiger charge is -2.50. The van der Waals surface area contributed by atoms with Crippen LogP contribution < -0.4 is 10.6 Å². The zero-order valence-electron chi connectivity index (χ0n) is 27.9. The normalized spacial score (nSPS) is 37.8. The van der Waals surface area contributed by atoms with Gasteiger partial charge in [0.25, 0.3) is 11.8 Å². The summed E-state index contributed by atoms with van der Waals surface area (Å²) in [5.41, 5.74) is 0.285. The third-order valence-electron chi connectivity index (χ3n) is 8.96. The van der Waals surface area contributed by atoms with Crippen LogP contribution in [0.15, 0.2) is 60.7 Å². The molecule has 10 N–H and O–H groups in total. The first kappa shape index (κ1) is 40.9. The maximum absolute atomic E-state index is 13.7. The molecular weight excluding hydrogens is 732 g/mol. The number of hydrogen-bond acceptors (Lipinski definition) is 17. The van der Waals surface area contributed by atoms with Crippen LogP contribution in [0.4, 0.5) is 0 Å². The number of rotatable bonds is 12. The van der Waals surface area contributed by atoms with E-state index in [0.717, 1.165) is 0 Å². The molecule has 0 spiro atoms. The van der Waals surface area contributed by atoms with E-state index in [4.69, 9.17) is 23.7 Å². The van der Waals surface area contributed by atoms with Crippen molar-refractivity contribution in [2.45, 2.75) is 98.9 Å². The zero-order chi connectivity index (χ0) is 38.6. The van der Waals surface area contributed by atoms with Gasteiger partial charge in [-0.05, 0) is 31.2 Å². The number of ether oxygens (including phenoxy) is 5. The topological polar surface area (TPSA) is 310 Å². The average molecular weight is 775 g/mol. The third-order valence-corrected chi connectivity index (χ3v) is 9.43. The first-order valence-corrected chi connectivity index (χ1v) is 17.8. The molecule has 0 saturated carbocycles. The van der Waals surface area contributed by atoms with Crippen LogP contribution in [0.3, 0.4) is 0 Å². The second kappa shape index (κ2) is 17.5. The summed E-state index contributed by atoms with van der Waals surface area (Å²) in [5, 5.41) is 79.2. The minimum Gasteiger partial charge on any atom is -0.394 e. The van der Waals surface area contributed by atoms with E-state index in [9.17, 15) is 58.3 Å². The summed E-state index contributed by atoms with van der Waals surface area (Å²) in [6.07, 6.45) is -25.0. The fourth-order valence-corrected chi connectivity index (χ4v) is 6.68. The number of benzene rings is 2. The van der Waals surface area contributed by atoms with Crippen molar-refractivity contribution in [3.8, 4) is 0 Å². The fraction of sp³-hybridized carbons (Fsp3) is 0.562. The minimum absolute atomic E-state index is 0.123. The molecule has 21 heteroatoms. The first-order valence-electron chi connectivity index (χ1n) is 16.4. The molecule has 3 saturated heterocycles. The van der Waals surface area contributed by atoms with Gasteiger partial charge >= 0.3 is 10.4 Å². The Balaban J connectivity index is 1.57. The molecular formula is C32H42N2O18S. The molecule has 0 aliphatic carbocycles. The van der Waals surface area contributed by atoms with Crippen LogP contribution in [0.25, 0.3) is 0 Å². The van der Waals surface area contributed by atoms with Gasteiger partial charge in [-0.25, -0.2) is 4.18 Å². The van der Waals surface area contributed by atoms with E-state index >= 15 is 0 Å². The van der Waals surface area contributed by atoms with Crippen LogP contribution >= 0.6 is 0 Å². The van der Waals surface area contributed by atoms with E-state index in [2.05, 4.69) is 14.8 Å². The van der Waals surface area contributed by atoms with Gasteiger partial charge in [-0.2, -0.15) is 8.42 Å². The first-order chi connectivity index (χ1) is 25.1. The molecule has 294 valence electrons. The van der Waals surface area contributed by atoms with Gasteiger partial charge in [0, 0.05) is 11.1 Å². The van der Waals surface area contributed by atoms with Gasteiger partial charge in [-0.15, -0.1) is 0 Å². The maximum Gasteiger partial charge on any atom is 0.397 e. The molecule has 0 unspecified atom stereocenters. The standard InChI is InChI=1S/C32H42N2O18S/c1-14-20(37)22(39)23(40)31(47-14)51-26-19(33-28(42)15-8-4-2-5-9-15)30(34-29(43)16-10-6-3-7-11-16)48-18(13-36)25(26)50-32-24(41)27(52-53(44,45)46)21(38)17(12-35)49-32/h2-11,14,17-27,30-32,35-41H,12-13H2,1H3,(H,33,42)(H,34,43)(H,44,45,46)/t14-,17+,18+,19+,20+,21-,22+,23-,24+,25+,26+,27-,30+,31-,32-/m0/s1. The van der Waals surface area contributed by atoms with Crippen LogP contribution in [0.5, 0.6) is 0 Å². The van der Waals surface area contributed by atoms with Crippen molar-refractivity contribution in [3.05, 3.63) is 71.8 Å². The van der Waals surface area contributed by atoms with Crippen molar-refractivity contribution < 1.29 is 86.2 Å². The van der Waals surface area contributed by atoms with Gasteiger partial charge in [-0.1, -0.05) is 36.4 Å². The lowest BCUT2D eigenvalue weighted by molar-refractivity contribution is -0.360. The summed E-state index contributed by atoms with van der Waals surface area (Å²) in [6.45, 7) is -0.537. The molecule has 0 aromatic heterocycles. The number of nitrogens with one attached hydrogen (secondary N) is 2. The number of aliphatic hydroxyl groups is 7. The lowest BCUT2D eigenvalue weighted by atomic mass is 9.93. The molecule has 53 heavy (non-hydrogen) atoms. The number of carbonyl (C=O) groups is 2. The summed E-state index contributed by atoms with van der Waals surface area (Å²) in [4.78, 5) is 27.1. The Morgan fingerprint density at radius 1 is 0.660 bits per heavy atom. The van der Waals surface area contributed by atoms with Gasteiger partial charge < -0.3 is 70.1 Å². The molecule has 2 amide bonds. The van der Waals surface area contributed by atoms with E-state index in [0.29, 0.717) is 0 Å².